The molecule has 0 aliphatic carbocycles. The fourth-order valence-electron chi connectivity index (χ4n) is 2.79. The van der Waals surface area contributed by atoms with Crippen LogP contribution in [0.3, 0.4) is 0 Å². The molecule has 5 nitrogen and oxygen atoms in total. The second-order valence-corrected chi connectivity index (χ2v) is 5.40. The molecule has 1 aromatic heterocycles. The number of hydrogen-bond acceptors (Lipinski definition) is 4. The number of benzene rings is 1. The van der Waals surface area contributed by atoms with Crippen LogP contribution in [0.5, 0.6) is 0 Å². The third-order valence-electron chi connectivity index (χ3n) is 3.87. The van der Waals surface area contributed by atoms with E-state index >= 15 is 0 Å². The molecule has 1 aliphatic heterocycles. The summed E-state index contributed by atoms with van der Waals surface area (Å²) in [5.41, 5.74) is 1.26. The van der Waals surface area contributed by atoms with Crippen LogP contribution in [-0.2, 0) is 6.42 Å². The molecular formula is C15H20N4O. The first-order valence-corrected chi connectivity index (χ1v) is 7.41. The van der Waals surface area contributed by atoms with Crippen molar-refractivity contribution in [1.29, 1.82) is 0 Å². The van der Waals surface area contributed by atoms with E-state index in [1.165, 1.54) is 32.4 Å². The van der Waals surface area contributed by atoms with Gasteiger partial charge in [0.25, 0.3) is 5.52 Å². The minimum absolute atomic E-state index is 0.535. The maximum atomic E-state index is 11.8. The summed E-state index contributed by atoms with van der Waals surface area (Å²) in [6.07, 6.45) is 5.77. The van der Waals surface area contributed by atoms with Crippen molar-refractivity contribution < 1.29 is 4.85 Å². The number of likely N-dealkylation sites (tertiary alicyclic amines) is 1. The van der Waals surface area contributed by atoms with E-state index in [1.54, 1.807) is 6.07 Å². The normalized spacial score (nSPS) is 16.6. The lowest BCUT2D eigenvalue weighted by atomic mass is 10.1. The number of para-hydroxylation sites is 2. The third kappa shape index (κ3) is 3.04. The largest absolute Gasteiger partial charge is 0.594 e. The van der Waals surface area contributed by atoms with Gasteiger partial charge in [-0.3, -0.25) is 0 Å². The summed E-state index contributed by atoms with van der Waals surface area (Å²) < 4.78 is 0. The highest BCUT2D eigenvalue weighted by atomic mass is 16.5. The maximum absolute atomic E-state index is 11.8. The van der Waals surface area contributed by atoms with Gasteiger partial charge in [-0.1, -0.05) is 18.6 Å². The summed E-state index contributed by atoms with van der Waals surface area (Å²) in [5, 5.41) is 15.8. The number of hydrogen-bond donors (Lipinski definition) is 0. The Bertz CT molecular complexity index is 581. The third-order valence-corrected chi connectivity index (χ3v) is 3.87. The van der Waals surface area contributed by atoms with Crippen LogP contribution in [0, 0.1) is 5.21 Å². The van der Waals surface area contributed by atoms with Gasteiger partial charge in [0.2, 0.25) is 0 Å². The summed E-state index contributed by atoms with van der Waals surface area (Å²) in [5.74, 6) is 0.649. The molecule has 0 spiro atoms. The van der Waals surface area contributed by atoms with Crippen molar-refractivity contribution in [2.75, 3.05) is 19.6 Å². The summed E-state index contributed by atoms with van der Waals surface area (Å²) in [7, 11) is 0. The van der Waals surface area contributed by atoms with Gasteiger partial charge in [0.05, 0.1) is 0 Å². The molecule has 0 saturated carbocycles. The number of nitrogens with zero attached hydrogens (tertiary/aromatic N) is 4. The fourth-order valence-corrected chi connectivity index (χ4v) is 2.79. The first kappa shape index (κ1) is 13.2. The Morgan fingerprint density at radius 2 is 1.95 bits per heavy atom. The Balaban J connectivity index is 1.62. The summed E-state index contributed by atoms with van der Waals surface area (Å²) >= 11 is 0. The maximum Gasteiger partial charge on any atom is 0.270 e. The standard InChI is InChI=1S/C15H20N4O/c20-19-14-8-3-2-7-13(14)16-15(17-19)9-6-12-18-10-4-1-5-11-18/h2-3,7-8H,1,4-6,9-12H2. The van der Waals surface area contributed by atoms with Crippen molar-refractivity contribution in [3.8, 4) is 0 Å². The zero-order chi connectivity index (χ0) is 13.8. The molecule has 106 valence electrons. The molecule has 0 radical (unpaired) electrons. The average molecular weight is 272 g/mol. The van der Waals surface area contributed by atoms with Crippen LogP contribution in [0.25, 0.3) is 11.0 Å². The zero-order valence-corrected chi connectivity index (χ0v) is 11.7. The van der Waals surface area contributed by atoms with Gasteiger partial charge in [-0.25, -0.2) is 4.98 Å². The molecule has 1 aromatic carbocycles. The van der Waals surface area contributed by atoms with Crippen molar-refractivity contribution >= 4 is 11.0 Å². The van der Waals surface area contributed by atoms with Gasteiger partial charge in [-0.2, -0.15) is 0 Å². The minimum atomic E-state index is 0.535. The smallest absolute Gasteiger partial charge is 0.270 e. The summed E-state index contributed by atoms with van der Waals surface area (Å²) in [6.45, 7) is 3.50. The van der Waals surface area contributed by atoms with Crippen LogP contribution in [0.15, 0.2) is 24.3 Å². The van der Waals surface area contributed by atoms with Crippen molar-refractivity contribution in [3.63, 3.8) is 0 Å². The number of rotatable bonds is 4. The molecule has 5 heteroatoms. The second kappa shape index (κ2) is 6.13. The van der Waals surface area contributed by atoms with Gasteiger partial charge < -0.3 is 10.1 Å². The van der Waals surface area contributed by atoms with Crippen molar-refractivity contribution in [2.45, 2.75) is 32.1 Å². The van der Waals surface area contributed by atoms with E-state index in [1.807, 2.05) is 18.2 Å². The van der Waals surface area contributed by atoms with Gasteiger partial charge >= 0.3 is 0 Å². The number of aromatic nitrogens is 3. The molecular weight excluding hydrogens is 252 g/mol. The summed E-state index contributed by atoms with van der Waals surface area (Å²) in [6, 6.07) is 7.34. The average Bonchev–Trinajstić information content (AvgIpc) is 2.48. The molecule has 0 N–H and O–H groups in total. The quantitative estimate of drug-likeness (QED) is 0.627. The Hall–Kier alpha value is -1.75. The van der Waals surface area contributed by atoms with E-state index in [4.69, 9.17) is 0 Å². The van der Waals surface area contributed by atoms with Gasteiger partial charge in [0, 0.05) is 17.6 Å². The van der Waals surface area contributed by atoms with Crippen LogP contribution in [0.2, 0.25) is 0 Å². The van der Waals surface area contributed by atoms with Crippen molar-refractivity contribution in [1.82, 2.24) is 15.0 Å². The molecule has 2 aromatic rings. The highest BCUT2D eigenvalue weighted by Gasteiger charge is 2.12. The van der Waals surface area contributed by atoms with E-state index in [9.17, 15) is 5.21 Å². The van der Waals surface area contributed by atoms with Crippen molar-refractivity contribution in [2.24, 2.45) is 0 Å². The lowest BCUT2D eigenvalue weighted by Gasteiger charge is -2.26. The SMILES string of the molecule is [O-][n+]1nc(CCCN2CCCCC2)nc2ccccc21. The zero-order valence-electron chi connectivity index (χ0n) is 11.7. The predicted molar refractivity (Wildman–Crippen MR) is 77.1 cm³/mol. The minimum Gasteiger partial charge on any atom is -0.594 e. The molecule has 1 saturated heterocycles. The molecule has 1 fully saturated rings. The Kier molecular flexibility index (Phi) is 4.06. The van der Waals surface area contributed by atoms with Crippen molar-refractivity contribution in [3.05, 3.63) is 35.3 Å². The Labute approximate surface area is 118 Å². The van der Waals surface area contributed by atoms with Gasteiger partial charge in [-0.15, -0.1) is 0 Å². The van der Waals surface area contributed by atoms with Crippen LogP contribution < -0.4 is 4.85 Å². The molecule has 2 heterocycles. The second-order valence-electron chi connectivity index (χ2n) is 5.40. The number of fused-ring (bicyclic) bond motifs is 1. The predicted octanol–water partition coefficient (Wildman–Crippen LogP) is 1.68. The molecule has 20 heavy (non-hydrogen) atoms. The topological polar surface area (TPSA) is 56.0 Å². The van der Waals surface area contributed by atoms with E-state index < -0.39 is 0 Å². The first-order chi connectivity index (χ1) is 9.83. The lowest BCUT2D eigenvalue weighted by molar-refractivity contribution is -0.644. The molecule has 3 rings (SSSR count). The van der Waals surface area contributed by atoms with Gasteiger partial charge in [-0.05, 0) is 49.8 Å². The number of aryl methyl sites for hydroxylation is 1. The first-order valence-electron chi connectivity index (χ1n) is 7.41. The lowest BCUT2D eigenvalue weighted by Crippen LogP contribution is -2.34. The highest BCUT2D eigenvalue weighted by Crippen LogP contribution is 2.10. The molecule has 1 aliphatic rings. The molecule has 0 bridgehead atoms. The van der Waals surface area contributed by atoms with E-state index in [0.717, 1.165) is 24.9 Å². The monoisotopic (exact) mass is 272 g/mol. The van der Waals surface area contributed by atoms with Crippen LogP contribution in [-0.4, -0.2) is 34.6 Å². The van der Waals surface area contributed by atoms with Crippen LogP contribution >= 0.6 is 0 Å². The number of piperidine rings is 1. The van der Waals surface area contributed by atoms with Crippen LogP contribution in [0.1, 0.15) is 31.5 Å². The Morgan fingerprint density at radius 3 is 2.80 bits per heavy atom. The van der Waals surface area contributed by atoms with Gasteiger partial charge in [0.1, 0.15) is 5.52 Å². The van der Waals surface area contributed by atoms with E-state index in [-0.39, 0.29) is 0 Å². The summed E-state index contributed by atoms with van der Waals surface area (Å²) in [4.78, 5) is 7.66. The van der Waals surface area contributed by atoms with E-state index in [0.29, 0.717) is 16.2 Å². The molecule has 0 atom stereocenters. The highest BCUT2D eigenvalue weighted by molar-refractivity contribution is 5.70. The van der Waals surface area contributed by atoms with Crippen LogP contribution in [0.4, 0.5) is 0 Å². The molecule has 0 unspecified atom stereocenters. The Morgan fingerprint density at radius 1 is 1.15 bits per heavy atom. The van der Waals surface area contributed by atoms with Gasteiger partial charge in [0.15, 0.2) is 5.82 Å². The van der Waals surface area contributed by atoms with E-state index in [2.05, 4.69) is 15.0 Å². The fraction of sp³-hybridized carbons (Fsp3) is 0.533. The molecule has 0 amide bonds.